The average Bonchev–Trinajstić information content (AvgIpc) is 2.55. The molecule has 8 nitrogen and oxygen atoms in total. The number of fused-ring (bicyclic) bond motifs is 1. The normalized spacial score (nSPS) is 11.2. The molecule has 0 heterocycles. The molecule has 0 fully saturated rings. The van der Waals surface area contributed by atoms with Crippen LogP contribution in [0.1, 0.15) is 0 Å². The van der Waals surface area contributed by atoms with Gasteiger partial charge in [0.05, 0.1) is 16.3 Å². The summed E-state index contributed by atoms with van der Waals surface area (Å²) in [7, 11) is 0. The molecule has 3 N–H and O–H groups in total. The van der Waals surface area contributed by atoms with Crippen LogP contribution in [-0.4, -0.2) is 20.2 Å². The molecule has 0 radical (unpaired) electrons. The zero-order chi connectivity index (χ0) is 17.3. The molecular weight excluding hydrogens is 314 g/mol. The van der Waals surface area contributed by atoms with Crippen molar-refractivity contribution in [2.45, 2.75) is 0 Å². The van der Waals surface area contributed by atoms with E-state index in [0.29, 0.717) is 16.5 Å². The lowest BCUT2D eigenvalue weighted by atomic mass is 10.1. The predicted octanol–water partition coefficient (Wildman–Crippen LogP) is 4.28. The summed E-state index contributed by atoms with van der Waals surface area (Å²) in [5.41, 5.74) is 0.143. The third kappa shape index (κ3) is 2.80. The first-order valence-corrected chi connectivity index (χ1v) is 6.79. The molecule has 24 heavy (non-hydrogen) atoms. The van der Waals surface area contributed by atoms with Gasteiger partial charge in [0.1, 0.15) is 11.5 Å². The molecule has 8 heteroatoms. The fourth-order valence-electron chi connectivity index (χ4n) is 2.22. The minimum atomic E-state index is -0.715. The number of aromatic hydroxyl groups is 3. The summed E-state index contributed by atoms with van der Waals surface area (Å²) in [6.07, 6.45) is 0. The quantitative estimate of drug-likeness (QED) is 0.376. The van der Waals surface area contributed by atoms with Crippen LogP contribution in [0.15, 0.2) is 58.8 Å². The van der Waals surface area contributed by atoms with E-state index in [1.807, 2.05) is 0 Å². The summed E-state index contributed by atoms with van der Waals surface area (Å²) in [5.74, 6) is -0.467. The zero-order valence-electron chi connectivity index (χ0n) is 12.1. The van der Waals surface area contributed by atoms with E-state index >= 15 is 0 Å². The van der Waals surface area contributed by atoms with Gasteiger partial charge in [0, 0.05) is 16.8 Å². The minimum Gasteiger partial charge on any atom is -0.508 e. The summed E-state index contributed by atoms with van der Waals surface area (Å²) in [4.78, 5) is 10.1. The Balaban J connectivity index is 2.04. The van der Waals surface area contributed by atoms with E-state index in [9.17, 15) is 25.4 Å². The molecule has 0 amide bonds. The van der Waals surface area contributed by atoms with Crippen LogP contribution in [0.25, 0.3) is 10.8 Å². The molecule has 3 aromatic rings. The van der Waals surface area contributed by atoms with Crippen LogP contribution in [0.2, 0.25) is 0 Å². The van der Waals surface area contributed by atoms with Gasteiger partial charge >= 0.3 is 5.69 Å². The SMILES string of the molecule is O=[N+]([O-])c1cc(/N=N/c2ccc(O)c3cc(O)ccc23)ccc1O. The van der Waals surface area contributed by atoms with Crippen molar-refractivity contribution in [2.75, 3.05) is 0 Å². The third-order valence-corrected chi connectivity index (χ3v) is 3.38. The Bertz CT molecular complexity index is 985. The smallest absolute Gasteiger partial charge is 0.312 e. The van der Waals surface area contributed by atoms with E-state index in [2.05, 4.69) is 10.2 Å². The van der Waals surface area contributed by atoms with Crippen LogP contribution in [-0.2, 0) is 0 Å². The number of nitro groups is 1. The molecule has 0 aromatic heterocycles. The molecule has 0 aliphatic heterocycles. The first kappa shape index (κ1) is 15.2. The van der Waals surface area contributed by atoms with E-state index in [0.717, 1.165) is 6.07 Å². The fourth-order valence-corrected chi connectivity index (χ4v) is 2.22. The van der Waals surface area contributed by atoms with Gasteiger partial charge in [0.15, 0.2) is 5.75 Å². The summed E-state index contributed by atoms with van der Waals surface area (Å²) in [6, 6.07) is 11.0. The lowest BCUT2D eigenvalue weighted by Gasteiger charge is -2.04. The van der Waals surface area contributed by atoms with Gasteiger partial charge in [-0.05, 0) is 42.5 Å². The third-order valence-electron chi connectivity index (χ3n) is 3.38. The zero-order valence-corrected chi connectivity index (χ0v) is 12.1. The van der Waals surface area contributed by atoms with Crippen molar-refractivity contribution in [2.24, 2.45) is 10.2 Å². The highest BCUT2D eigenvalue weighted by molar-refractivity contribution is 5.97. The van der Waals surface area contributed by atoms with Crippen LogP contribution in [0.5, 0.6) is 17.2 Å². The lowest BCUT2D eigenvalue weighted by Crippen LogP contribution is -1.87. The number of rotatable bonds is 3. The Labute approximate surface area is 135 Å². The van der Waals surface area contributed by atoms with E-state index in [1.54, 1.807) is 6.07 Å². The summed E-state index contributed by atoms with van der Waals surface area (Å²) >= 11 is 0. The van der Waals surface area contributed by atoms with Gasteiger partial charge in [-0.15, -0.1) is 5.11 Å². The van der Waals surface area contributed by atoms with Crippen molar-refractivity contribution < 1.29 is 20.2 Å². The molecule has 0 aliphatic rings. The Morgan fingerprint density at radius 1 is 0.833 bits per heavy atom. The number of nitro benzene ring substituents is 1. The van der Waals surface area contributed by atoms with Crippen LogP contribution in [0, 0.1) is 10.1 Å². The molecule has 0 aliphatic carbocycles. The van der Waals surface area contributed by atoms with Crippen LogP contribution in [0.3, 0.4) is 0 Å². The predicted molar refractivity (Wildman–Crippen MR) is 86.2 cm³/mol. The molecule has 0 atom stereocenters. The largest absolute Gasteiger partial charge is 0.508 e. The van der Waals surface area contributed by atoms with Crippen molar-refractivity contribution in [1.82, 2.24) is 0 Å². The van der Waals surface area contributed by atoms with Gasteiger partial charge in [0.25, 0.3) is 0 Å². The topological polar surface area (TPSA) is 129 Å². The van der Waals surface area contributed by atoms with Gasteiger partial charge in [-0.25, -0.2) is 0 Å². The van der Waals surface area contributed by atoms with Gasteiger partial charge < -0.3 is 15.3 Å². The number of hydrogen-bond acceptors (Lipinski definition) is 7. The minimum absolute atomic E-state index is 0.000971. The van der Waals surface area contributed by atoms with E-state index in [1.165, 1.54) is 36.4 Å². The van der Waals surface area contributed by atoms with Gasteiger partial charge in [0.2, 0.25) is 0 Å². The maximum Gasteiger partial charge on any atom is 0.312 e. The molecule has 120 valence electrons. The fraction of sp³-hybridized carbons (Fsp3) is 0. The highest BCUT2D eigenvalue weighted by Crippen LogP contribution is 2.36. The maximum absolute atomic E-state index is 10.8. The molecule has 0 saturated carbocycles. The molecule has 3 rings (SSSR count). The second kappa shape index (κ2) is 5.84. The monoisotopic (exact) mass is 325 g/mol. The van der Waals surface area contributed by atoms with Crippen molar-refractivity contribution in [3.63, 3.8) is 0 Å². The van der Waals surface area contributed by atoms with Crippen LogP contribution >= 0.6 is 0 Å². The Morgan fingerprint density at radius 3 is 2.33 bits per heavy atom. The van der Waals surface area contributed by atoms with Gasteiger partial charge in [-0.1, -0.05) is 0 Å². The number of azo groups is 1. The van der Waals surface area contributed by atoms with Gasteiger partial charge in [-0.3, -0.25) is 10.1 Å². The molecule has 0 spiro atoms. The van der Waals surface area contributed by atoms with Gasteiger partial charge in [-0.2, -0.15) is 5.11 Å². The maximum atomic E-state index is 10.8. The standard InChI is InChI=1S/C16H11N3O5/c20-10-2-3-11-12(8-10)15(21)6-4-13(11)18-17-9-1-5-16(22)14(7-9)19(23)24/h1-8,20-22H/b18-17+. The number of phenolic OH excluding ortho intramolecular Hbond substituents is 3. The highest BCUT2D eigenvalue weighted by Gasteiger charge is 2.13. The van der Waals surface area contributed by atoms with Crippen LogP contribution in [0.4, 0.5) is 17.1 Å². The Kier molecular flexibility index (Phi) is 3.70. The number of benzene rings is 3. The van der Waals surface area contributed by atoms with Crippen molar-refractivity contribution in [1.29, 1.82) is 0 Å². The number of nitrogens with zero attached hydrogens (tertiary/aromatic N) is 3. The molecular formula is C16H11N3O5. The second-order valence-corrected chi connectivity index (χ2v) is 4.96. The van der Waals surface area contributed by atoms with E-state index in [-0.39, 0.29) is 17.2 Å². The highest BCUT2D eigenvalue weighted by atomic mass is 16.6. The summed E-state index contributed by atoms with van der Waals surface area (Å²) in [6.45, 7) is 0. The molecule has 0 bridgehead atoms. The molecule has 3 aromatic carbocycles. The van der Waals surface area contributed by atoms with Crippen molar-refractivity contribution >= 4 is 27.8 Å². The molecule has 0 saturated heterocycles. The summed E-state index contributed by atoms with van der Waals surface area (Å²) < 4.78 is 0. The first-order chi connectivity index (χ1) is 11.5. The molecule has 0 unspecified atom stereocenters. The first-order valence-electron chi connectivity index (χ1n) is 6.79. The Morgan fingerprint density at radius 2 is 1.58 bits per heavy atom. The Hall–Kier alpha value is -3.68. The van der Waals surface area contributed by atoms with Crippen molar-refractivity contribution in [3.8, 4) is 17.2 Å². The second-order valence-electron chi connectivity index (χ2n) is 4.96. The van der Waals surface area contributed by atoms with E-state index < -0.39 is 16.4 Å². The number of phenols is 3. The van der Waals surface area contributed by atoms with Crippen molar-refractivity contribution in [3.05, 3.63) is 58.6 Å². The number of hydrogen-bond donors (Lipinski definition) is 3. The summed E-state index contributed by atoms with van der Waals surface area (Å²) in [5, 5.41) is 48.5. The average molecular weight is 325 g/mol. The lowest BCUT2D eigenvalue weighted by molar-refractivity contribution is -0.385. The van der Waals surface area contributed by atoms with E-state index in [4.69, 9.17) is 0 Å². The van der Waals surface area contributed by atoms with Crippen LogP contribution < -0.4 is 0 Å².